The minimum atomic E-state index is -0.443. The van der Waals surface area contributed by atoms with E-state index in [0.717, 1.165) is 29.0 Å². The first-order valence-corrected chi connectivity index (χ1v) is 9.33. The van der Waals surface area contributed by atoms with Gasteiger partial charge in [-0.25, -0.2) is 15.0 Å². The van der Waals surface area contributed by atoms with E-state index in [4.69, 9.17) is 21.1 Å². The maximum atomic E-state index is 12.8. The molecule has 0 bridgehead atoms. The number of carbonyl (C=O) groups excluding carboxylic acids is 1. The van der Waals surface area contributed by atoms with Crippen LogP contribution in [-0.4, -0.2) is 35.1 Å². The van der Waals surface area contributed by atoms with E-state index in [0.29, 0.717) is 10.2 Å². The van der Waals surface area contributed by atoms with Crippen molar-refractivity contribution in [1.82, 2.24) is 15.0 Å². The molecular weight excluding hydrogens is 388 g/mol. The van der Waals surface area contributed by atoms with Crippen molar-refractivity contribution in [2.24, 2.45) is 0 Å². The zero-order valence-electron chi connectivity index (χ0n) is 14.6. The zero-order chi connectivity index (χ0) is 19.0. The number of nitrogens with zero attached hydrogens (tertiary/aromatic N) is 3. The van der Waals surface area contributed by atoms with Gasteiger partial charge in [0, 0.05) is 15.5 Å². The Morgan fingerprint density at radius 2 is 1.93 bits per heavy atom. The Kier molecular flexibility index (Phi) is 4.67. The Labute approximate surface area is 164 Å². The van der Waals surface area contributed by atoms with Crippen molar-refractivity contribution in [2.75, 3.05) is 19.5 Å². The highest BCUT2D eigenvalue weighted by molar-refractivity contribution is 7.16. The molecule has 7 nitrogen and oxygen atoms in total. The Hall–Kier alpha value is -2.71. The van der Waals surface area contributed by atoms with Crippen molar-refractivity contribution in [3.63, 3.8) is 0 Å². The smallest absolute Gasteiger partial charge is 0.268 e. The number of ether oxygens (including phenoxy) is 2. The molecule has 1 aromatic carbocycles. The van der Waals surface area contributed by atoms with Gasteiger partial charge in [-0.1, -0.05) is 17.7 Å². The van der Waals surface area contributed by atoms with Crippen LogP contribution in [0.3, 0.4) is 0 Å². The fourth-order valence-corrected chi connectivity index (χ4v) is 4.18. The van der Waals surface area contributed by atoms with Crippen LogP contribution >= 0.6 is 22.9 Å². The minimum Gasteiger partial charge on any atom is -0.480 e. The maximum absolute atomic E-state index is 12.8. The second-order valence-electron chi connectivity index (χ2n) is 5.81. The highest BCUT2D eigenvalue weighted by atomic mass is 35.5. The lowest BCUT2D eigenvalue weighted by atomic mass is 9.94. The van der Waals surface area contributed by atoms with Gasteiger partial charge in [0.15, 0.2) is 10.7 Å². The summed E-state index contributed by atoms with van der Waals surface area (Å²) >= 11 is 7.59. The van der Waals surface area contributed by atoms with Crippen molar-refractivity contribution < 1.29 is 14.3 Å². The third-order valence-electron chi connectivity index (χ3n) is 4.26. The number of thiazole rings is 1. The molecule has 2 aromatic heterocycles. The molecule has 1 amide bonds. The topological polar surface area (TPSA) is 86.2 Å². The predicted octanol–water partition coefficient (Wildman–Crippen LogP) is 3.62. The fraction of sp³-hybridized carbons (Fsp3) is 0.222. The van der Waals surface area contributed by atoms with Crippen LogP contribution < -0.4 is 14.8 Å². The second kappa shape index (κ2) is 7.13. The third-order valence-corrected chi connectivity index (χ3v) is 5.52. The van der Waals surface area contributed by atoms with E-state index in [1.54, 1.807) is 0 Å². The highest BCUT2D eigenvalue weighted by Crippen LogP contribution is 2.39. The number of methoxy groups -OCH3 is 2. The Balaban J connectivity index is 1.67. The summed E-state index contributed by atoms with van der Waals surface area (Å²) in [6, 6.07) is 5.82. The van der Waals surface area contributed by atoms with E-state index in [9.17, 15) is 4.79 Å². The summed E-state index contributed by atoms with van der Waals surface area (Å²) in [6.45, 7) is 0. The minimum absolute atomic E-state index is 0.124. The van der Waals surface area contributed by atoms with Gasteiger partial charge in [0.05, 0.1) is 19.9 Å². The molecule has 27 heavy (non-hydrogen) atoms. The van der Waals surface area contributed by atoms with Gasteiger partial charge in [0.25, 0.3) is 5.91 Å². The summed E-state index contributed by atoms with van der Waals surface area (Å²) in [5.74, 6) is -0.169. The molecule has 1 aliphatic rings. The normalized spacial score (nSPS) is 12.1. The first kappa shape index (κ1) is 17.7. The number of aromatic nitrogens is 3. The molecule has 0 aliphatic heterocycles. The molecule has 0 spiro atoms. The van der Waals surface area contributed by atoms with E-state index in [1.165, 1.54) is 37.4 Å². The second-order valence-corrected chi connectivity index (χ2v) is 7.33. The van der Waals surface area contributed by atoms with Gasteiger partial charge in [0.2, 0.25) is 11.8 Å². The standard InChI is InChI=1S/C18H15ClN4O3S/c1-25-16-13(17(26-2)21-8-20-16)15(24)23-18-22-14-11-7-10(19)5-3-9(11)4-6-12(14)27-18/h3,5,7-8H,4,6H2,1-2H3,(H,22,23,24). The van der Waals surface area contributed by atoms with E-state index in [2.05, 4.69) is 20.3 Å². The summed E-state index contributed by atoms with van der Waals surface area (Å²) in [5, 5.41) is 3.96. The first-order valence-electron chi connectivity index (χ1n) is 8.13. The van der Waals surface area contributed by atoms with Crippen LogP contribution in [0.2, 0.25) is 5.02 Å². The molecule has 9 heteroatoms. The number of anilines is 1. The number of nitrogens with one attached hydrogen (secondary N) is 1. The van der Waals surface area contributed by atoms with Crippen LogP contribution in [0.5, 0.6) is 11.8 Å². The lowest BCUT2D eigenvalue weighted by Crippen LogP contribution is -2.16. The van der Waals surface area contributed by atoms with E-state index in [1.807, 2.05) is 18.2 Å². The van der Waals surface area contributed by atoms with E-state index < -0.39 is 5.91 Å². The molecule has 0 radical (unpaired) electrons. The number of hydrogen-bond donors (Lipinski definition) is 1. The molecule has 3 aromatic rings. The van der Waals surface area contributed by atoms with Gasteiger partial charge in [-0.3, -0.25) is 10.1 Å². The van der Waals surface area contributed by atoms with Crippen LogP contribution in [0.4, 0.5) is 5.13 Å². The van der Waals surface area contributed by atoms with Crippen LogP contribution in [-0.2, 0) is 12.8 Å². The van der Waals surface area contributed by atoms with Crippen LogP contribution in [0.25, 0.3) is 11.3 Å². The molecule has 0 saturated carbocycles. The molecule has 4 rings (SSSR count). The van der Waals surface area contributed by atoms with Gasteiger partial charge in [-0.15, -0.1) is 11.3 Å². The molecule has 0 saturated heterocycles. The highest BCUT2D eigenvalue weighted by Gasteiger charge is 2.25. The Morgan fingerprint density at radius 1 is 1.19 bits per heavy atom. The number of rotatable bonds is 4. The van der Waals surface area contributed by atoms with Crippen molar-refractivity contribution in [3.8, 4) is 23.0 Å². The molecular formula is C18H15ClN4O3S. The van der Waals surface area contributed by atoms with E-state index >= 15 is 0 Å². The third kappa shape index (κ3) is 3.22. The number of benzene rings is 1. The summed E-state index contributed by atoms with van der Waals surface area (Å²) in [5.41, 5.74) is 3.20. The number of halogens is 1. The van der Waals surface area contributed by atoms with Gasteiger partial charge in [0.1, 0.15) is 6.33 Å². The number of aryl methyl sites for hydroxylation is 2. The lowest BCUT2D eigenvalue weighted by molar-refractivity contribution is 0.101. The largest absolute Gasteiger partial charge is 0.480 e. The van der Waals surface area contributed by atoms with Crippen molar-refractivity contribution in [2.45, 2.75) is 12.8 Å². The maximum Gasteiger partial charge on any atom is 0.268 e. The number of fused-ring (bicyclic) bond motifs is 3. The van der Waals surface area contributed by atoms with Gasteiger partial charge >= 0.3 is 0 Å². The van der Waals surface area contributed by atoms with Gasteiger partial charge < -0.3 is 9.47 Å². The lowest BCUT2D eigenvalue weighted by Gasteiger charge is -2.14. The van der Waals surface area contributed by atoms with Crippen molar-refractivity contribution in [1.29, 1.82) is 0 Å². The van der Waals surface area contributed by atoms with Crippen LogP contribution in [0, 0.1) is 0 Å². The SMILES string of the molecule is COc1ncnc(OC)c1C(=O)Nc1nc2c(s1)CCc1ccc(Cl)cc1-2. The summed E-state index contributed by atoms with van der Waals surface area (Å²) in [4.78, 5) is 26.4. The summed E-state index contributed by atoms with van der Waals surface area (Å²) in [6.07, 6.45) is 3.07. The average molecular weight is 403 g/mol. The van der Waals surface area contributed by atoms with Gasteiger partial charge in [-0.05, 0) is 30.5 Å². The molecule has 1 aliphatic carbocycles. The number of amides is 1. The first-order chi connectivity index (χ1) is 13.1. The number of carbonyl (C=O) groups is 1. The average Bonchev–Trinajstić information content (AvgIpc) is 3.10. The van der Waals surface area contributed by atoms with Crippen LogP contribution in [0.15, 0.2) is 24.5 Å². The molecule has 1 N–H and O–H groups in total. The molecule has 0 unspecified atom stereocenters. The van der Waals surface area contributed by atoms with Crippen LogP contribution in [0.1, 0.15) is 20.8 Å². The zero-order valence-corrected chi connectivity index (χ0v) is 16.1. The van der Waals surface area contributed by atoms with Crippen molar-refractivity contribution in [3.05, 3.63) is 45.6 Å². The van der Waals surface area contributed by atoms with Crippen molar-refractivity contribution >= 4 is 34.0 Å². The van der Waals surface area contributed by atoms with Gasteiger partial charge in [-0.2, -0.15) is 0 Å². The fourth-order valence-electron chi connectivity index (χ4n) is 3.04. The van der Waals surface area contributed by atoms with E-state index in [-0.39, 0.29) is 17.3 Å². The molecule has 0 atom stereocenters. The Morgan fingerprint density at radius 3 is 2.63 bits per heavy atom. The monoisotopic (exact) mass is 402 g/mol. The Bertz CT molecular complexity index is 1020. The molecule has 0 fully saturated rings. The predicted molar refractivity (Wildman–Crippen MR) is 103 cm³/mol. The number of hydrogen-bond acceptors (Lipinski definition) is 7. The quantitative estimate of drug-likeness (QED) is 0.717. The molecule has 138 valence electrons. The molecule has 2 heterocycles. The summed E-state index contributed by atoms with van der Waals surface area (Å²) < 4.78 is 10.3. The summed E-state index contributed by atoms with van der Waals surface area (Å²) in [7, 11) is 2.86.